The average molecular weight is 270 g/mol. The number of aliphatic imine (C=N–C) groups is 2. The van der Waals surface area contributed by atoms with E-state index in [2.05, 4.69) is 9.98 Å². The van der Waals surface area contributed by atoms with Crippen molar-refractivity contribution in [1.29, 1.82) is 5.41 Å². The van der Waals surface area contributed by atoms with Gasteiger partial charge in [0.15, 0.2) is 0 Å². The molecular formula is C12H22N4O3. The Morgan fingerprint density at radius 1 is 0.842 bits per heavy atom. The molecule has 7 heteroatoms. The molecular weight excluding hydrogens is 248 g/mol. The number of carbonyl (C=O) groups excluding carboxylic acids is 3. The molecule has 0 spiro atoms. The monoisotopic (exact) mass is 270 g/mol. The smallest absolute Gasteiger partial charge is 0.234 e. The van der Waals surface area contributed by atoms with E-state index in [1.165, 1.54) is 12.2 Å². The number of hydrogen-bond acceptors (Lipinski definition) is 7. The summed E-state index contributed by atoms with van der Waals surface area (Å²) in [5, 5.41) is 5.40. The Bertz CT molecular complexity index is 275. The SMILES string of the molecule is CN(C)C.N=C=O.O=C=NCCCCCCN=C=O. The first kappa shape index (κ1) is 22.3. The highest BCUT2D eigenvalue weighted by molar-refractivity contribution is 5.32. The van der Waals surface area contributed by atoms with Crippen molar-refractivity contribution >= 4 is 18.2 Å². The van der Waals surface area contributed by atoms with E-state index >= 15 is 0 Å². The van der Waals surface area contributed by atoms with Crippen LogP contribution < -0.4 is 0 Å². The van der Waals surface area contributed by atoms with Gasteiger partial charge in [0, 0.05) is 0 Å². The molecule has 0 radical (unpaired) electrons. The first-order valence-corrected chi connectivity index (χ1v) is 5.78. The summed E-state index contributed by atoms with van der Waals surface area (Å²) >= 11 is 0. The van der Waals surface area contributed by atoms with Gasteiger partial charge in [0.05, 0.1) is 13.1 Å². The van der Waals surface area contributed by atoms with Gasteiger partial charge in [-0.15, -0.1) is 0 Å². The zero-order chi connectivity index (χ0) is 15.4. The van der Waals surface area contributed by atoms with Gasteiger partial charge in [0.1, 0.15) is 0 Å². The molecule has 1 N–H and O–H groups in total. The van der Waals surface area contributed by atoms with Crippen LogP contribution in [0.15, 0.2) is 9.98 Å². The Kier molecular flexibility index (Phi) is 29.4. The highest BCUT2D eigenvalue weighted by Crippen LogP contribution is 1.99. The molecule has 0 atom stereocenters. The molecule has 108 valence electrons. The van der Waals surface area contributed by atoms with Crippen LogP contribution in [0.25, 0.3) is 0 Å². The first-order valence-electron chi connectivity index (χ1n) is 5.78. The first-order chi connectivity index (χ1) is 9.06. The third-order valence-electron chi connectivity index (χ3n) is 1.42. The lowest BCUT2D eigenvalue weighted by Crippen LogP contribution is -1.99. The minimum Gasteiger partial charge on any atom is -0.312 e. The number of nitrogens with one attached hydrogen (secondary N) is 1. The lowest BCUT2D eigenvalue weighted by Gasteiger charge is -1.93. The van der Waals surface area contributed by atoms with Gasteiger partial charge in [0.2, 0.25) is 18.2 Å². The van der Waals surface area contributed by atoms with Crippen molar-refractivity contribution in [2.45, 2.75) is 25.7 Å². The minimum absolute atomic E-state index is 0.556. The summed E-state index contributed by atoms with van der Waals surface area (Å²) in [6.45, 7) is 1.11. The van der Waals surface area contributed by atoms with Gasteiger partial charge in [-0.3, -0.25) is 0 Å². The zero-order valence-electron chi connectivity index (χ0n) is 11.8. The van der Waals surface area contributed by atoms with Crippen molar-refractivity contribution in [3.8, 4) is 0 Å². The van der Waals surface area contributed by atoms with Crippen LogP contribution in [0.4, 0.5) is 0 Å². The highest BCUT2D eigenvalue weighted by Gasteiger charge is 1.87. The summed E-state index contributed by atoms with van der Waals surface area (Å²) in [5.74, 6) is 0. The molecule has 0 bridgehead atoms. The van der Waals surface area contributed by atoms with Gasteiger partial charge in [-0.25, -0.2) is 29.8 Å². The third-order valence-corrected chi connectivity index (χ3v) is 1.42. The highest BCUT2D eigenvalue weighted by atomic mass is 16.1. The molecule has 0 saturated carbocycles. The predicted molar refractivity (Wildman–Crippen MR) is 72.5 cm³/mol. The fourth-order valence-electron chi connectivity index (χ4n) is 0.827. The minimum atomic E-state index is 0.556. The molecule has 0 aromatic carbocycles. The maximum Gasteiger partial charge on any atom is 0.234 e. The molecule has 19 heavy (non-hydrogen) atoms. The van der Waals surface area contributed by atoms with Crippen LogP contribution >= 0.6 is 0 Å². The Hall–Kier alpha value is -1.90. The molecule has 0 aromatic heterocycles. The number of isocyanates is 3. The average Bonchev–Trinajstić information content (AvgIpc) is 2.33. The number of nitrogens with zero attached hydrogens (tertiary/aromatic N) is 3. The van der Waals surface area contributed by atoms with Gasteiger partial charge in [0.25, 0.3) is 0 Å². The maximum atomic E-state index is 9.63. The molecule has 0 aliphatic heterocycles. The van der Waals surface area contributed by atoms with Gasteiger partial charge in [-0.2, -0.15) is 0 Å². The van der Waals surface area contributed by atoms with E-state index in [0.717, 1.165) is 31.8 Å². The lowest BCUT2D eigenvalue weighted by atomic mass is 10.2. The summed E-state index contributed by atoms with van der Waals surface area (Å²) in [7, 11) is 6.00. The van der Waals surface area contributed by atoms with Crippen LogP contribution in [0.1, 0.15) is 25.7 Å². The fraction of sp³-hybridized carbons (Fsp3) is 0.750. The van der Waals surface area contributed by atoms with Crippen molar-refractivity contribution in [3.63, 3.8) is 0 Å². The van der Waals surface area contributed by atoms with Crippen LogP contribution in [-0.4, -0.2) is 57.4 Å². The normalized spacial score (nSPS) is 7.58. The molecule has 0 saturated heterocycles. The van der Waals surface area contributed by atoms with E-state index in [1.807, 2.05) is 26.0 Å². The van der Waals surface area contributed by atoms with E-state index in [9.17, 15) is 9.59 Å². The van der Waals surface area contributed by atoms with Gasteiger partial charge in [-0.05, 0) is 34.0 Å². The standard InChI is InChI=1S/C8H12N2O2.C3H9N.CHNO/c11-7-9-5-3-1-2-4-6-10-8-12;1-4(2)3;2-1-3/h1-6H2;1-3H3;2H. The van der Waals surface area contributed by atoms with Crippen molar-refractivity contribution < 1.29 is 14.4 Å². The van der Waals surface area contributed by atoms with Crippen LogP contribution in [0.3, 0.4) is 0 Å². The van der Waals surface area contributed by atoms with Crippen LogP contribution in [-0.2, 0) is 14.4 Å². The van der Waals surface area contributed by atoms with Gasteiger partial charge in [-0.1, -0.05) is 12.8 Å². The maximum absolute atomic E-state index is 9.63. The topological polar surface area (TPSA) is 103 Å². The van der Waals surface area contributed by atoms with Crippen molar-refractivity contribution in [2.75, 3.05) is 34.2 Å². The van der Waals surface area contributed by atoms with Crippen LogP contribution in [0, 0.1) is 5.41 Å². The number of hydrogen-bond donors (Lipinski definition) is 1. The summed E-state index contributed by atoms with van der Waals surface area (Å²) in [6.07, 6.45) is 7.55. The molecule has 7 nitrogen and oxygen atoms in total. The quantitative estimate of drug-likeness (QED) is 0.427. The van der Waals surface area contributed by atoms with Crippen LogP contribution in [0.5, 0.6) is 0 Å². The largest absolute Gasteiger partial charge is 0.312 e. The molecule has 0 aliphatic carbocycles. The fourth-order valence-corrected chi connectivity index (χ4v) is 0.827. The van der Waals surface area contributed by atoms with E-state index in [4.69, 9.17) is 10.2 Å². The van der Waals surface area contributed by atoms with E-state index in [-0.39, 0.29) is 0 Å². The Balaban J connectivity index is -0.000000303. The summed E-state index contributed by atoms with van der Waals surface area (Å²) < 4.78 is 0. The Labute approximate surface area is 113 Å². The van der Waals surface area contributed by atoms with Crippen molar-refractivity contribution in [1.82, 2.24) is 4.90 Å². The van der Waals surface area contributed by atoms with Crippen LogP contribution in [0.2, 0.25) is 0 Å². The molecule has 0 amide bonds. The predicted octanol–water partition coefficient (Wildman–Crippen LogP) is 1.30. The summed E-state index contributed by atoms with van der Waals surface area (Å²) in [4.78, 5) is 36.4. The van der Waals surface area contributed by atoms with E-state index in [1.54, 1.807) is 0 Å². The lowest BCUT2D eigenvalue weighted by molar-refractivity contribution is 0.505. The number of unbranched alkanes of at least 4 members (excludes halogenated alkanes) is 3. The Morgan fingerprint density at radius 3 is 1.32 bits per heavy atom. The third kappa shape index (κ3) is 63.5. The second-order valence-electron chi connectivity index (χ2n) is 3.80. The molecule has 0 fully saturated rings. The Morgan fingerprint density at radius 2 is 1.11 bits per heavy atom. The zero-order valence-corrected chi connectivity index (χ0v) is 11.8. The van der Waals surface area contributed by atoms with Crippen molar-refractivity contribution in [3.05, 3.63) is 0 Å². The second kappa shape index (κ2) is 25.1. The molecule has 0 unspecified atom stereocenters. The molecule has 0 rings (SSSR count). The second-order valence-corrected chi connectivity index (χ2v) is 3.80. The summed E-state index contributed by atoms with van der Waals surface area (Å²) in [5.41, 5.74) is 0. The molecule has 0 aliphatic rings. The van der Waals surface area contributed by atoms with E-state index < -0.39 is 0 Å². The van der Waals surface area contributed by atoms with E-state index in [0.29, 0.717) is 13.1 Å². The molecule has 0 aromatic rings. The summed E-state index contributed by atoms with van der Waals surface area (Å²) in [6, 6.07) is 0. The van der Waals surface area contributed by atoms with Crippen molar-refractivity contribution in [2.24, 2.45) is 9.98 Å². The molecule has 0 heterocycles. The van der Waals surface area contributed by atoms with Gasteiger partial charge < -0.3 is 4.90 Å². The number of rotatable bonds is 7. The van der Waals surface area contributed by atoms with Gasteiger partial charge >= 0.3 is 0 Å².